The van der Waals surface area contributed by atoms with Crippen LogP contribution < -0.4 is 0 Å². The Balaban J connectivity index is 3.61. The molecule has 0 aliphatic heterocycles. The van der Waals surface area contributed by atoms with Gasteiger partial charge < -0.3 is 10.2 Å². The molecule has 0 heterocycles. The van der Waals surface area contributed by atoms with Crippen LogP contribution in [0.1, 0.15) is 31.8 Å². The molecule has 1 aromatic carbocycles. The summed E-state index contributed by atoms with van der Waals surface area (Å²) in [5, 5.41) is 18.4. The van der Waals surface area contributed by atoms with Crippen molar-refractivity contribution in [3.63, 3.8) is 0 Å². The van der Waals surface area contributed by atoms with Crippen molar-refractivity contribution in [3.05, 3.63) is 46.5 Å². The summed E-state index contributed by atoms with van der Waals surface area (Å²) in [7, 11) is 0. The van der Waals surface area contributed by atoms with Crippen molar-refractivity contribution in [2.24, 2.45) is 0 Å². The van der Waals surface area contributed by atoms with Crippen molar-refractivity contribution >= 4 is 70.5 Å². The molecule has 1 aromatic rings. The van der Waals surface area contributed by atoms with Crippen LogP contribution in [0.2, 0.25) is 0 Å². The third kappa shape index (κ3) is 5.21. The van der Waals surface area contributed by atoms with Crippen molar-refractivity contribution in [3.8, 4) is 0 Å². The van der Waals surface area contributed by atoms with E-state index in [1.54, 1.807) is 0 Å². The highest BCUT2D eigenvalue weighted by molar-refractivity contribution is 6.46. The minimum atomic E-state index is -1.39. The molecule has 0 aromatic heterocycles. The van der Waals surface area contributed by atoms with Crippen molar-refractivity contribution in [1.82, 2.24) is 0 Å². The molecule has 0 radical (unpaired) electrons. The first-order valence-electron chi connectivity index (χ1n) is 5.80. The zero-order valence-corrected chi connectivity index (χ0v) is 13.9. The maximum atomic E-state index is 11.4. The van der Waals surface area contributed by atoms with E-state index in [4.69, 9.17) is 51.5 Å². The number of hydrogen-bond donors (Lipinski definition) is 2. The number of hydrogen-bond acceptors (Lipinski definition) is 2. The number of rotatable bonds is 6. The standard InChI is InChI=1S/C14H10Cl4O4/c15-10(16)5-2-7-1-3-9(13(19)20)12(14(21)22)8(7)4-6-11(17)18/h1-6,10-11H,(H,19,20)(H,21,22)/b5-2+,6-4+. The highest BCUT2D eigenvalue weighted by Gasteiger charge is 2.21. The van der Waals surface area contributed by atoms with Crippen LogP contribution in [0.25, 0.3) is 12.2 Å². The highest BCUT2D eigenvalue weighted by Crippen LogP contribution is 2.24. The first-order chi connectivity index (χ1) is 10.2. The van der Waals surface area contributed by atoms with Gasteiger partial charge in [0, 0.05) is 0 Å². The monoisotopic (exact) mass is 382 g/mol. The maximum Gasteiger partial charge on any atom is 0.337 e. The number of allylic oxidation sites excluding steroid dienone is 2. The molecule has 0 amide bonds. The normalized spacial score (nSPS) is 11.9. The zero-order valence-electron chi connectivity index (χ0n) is 10.8. The van der Waals surface area contributed by atoms with Crippen LogP contribution in [0.5, 0.6) is 0 Å². The van der Waals surface area contributed by atoms with Gasteiger partial charge in [0.25, 0.3) is 0 Å². The van der Waals surface area contributed by atoms with Crippen LogP contribution >= 0.6 is 46.4 Å². The van der Waals surface area contributed by atoms with Gasteiger partial charge in [-0.1, -0.05) is 30.4 Å². The molecule has 0 aliphatic rings. The molecule has 0 spiro atoms. The first-order valence-corrected chi connectivity index (χ1v) is 7.55. The van der Waals surface area contributed by atoms with Gasteiger partial charge in [-0.25, -0.2) is 9.59 Å². The van der Waals surface area contributed by atoms with Gasteiger partial charge in [0.1, 0.15) is 9.67 Å². The number of carboxylic acid groups (broad SMARTS) is 2. The molecule has 0 aliphatic carbocycles. The average molecular weight is 384 g/mol. The minimum Gasteiger partial charge on any atom is -0.478 e. The fourth-order valence-corrected chi connectivity index (χ4v) is 2.01. The second kappa shape index (κ2) is 8.44. The zero-order chi connectivity index (χ0) is 16.9. The van der Waals surface area contributed by atoms with Gasteiger partial charge in [-0.15, -0.1) is 46.4 Å². The van der Waals surface area contributed by atoms with Gasteiger partial charge >= 0.3 is 11.9 Å². The third-order valence-electron chi connectivity index (χ3n) is 2.55. The van der Waals surface area contributed by atoms with E-state index in [1.807, 2.05) is 0 Å². The van der Waals surface area contributed by atoms with E-state index in [0.29, 0.717) is 5.56 Å². The van der Waals surface area contributed by atoms with Crippen LogP contribution in [0.15, 0.2) is 24.3 Å². The van der Waals surface area contributed by atoms with Crippen LogP contribution in [-0.2, 0) is 0 Å². The molecule has 0 bridgehead atoms. The Morgan fingerprint density at radius 1 is 0.909 bits per heavy atom. The Bertz CT molecular complexity index is 636. The molecule has 118 valence electrons. The van der Waals surface area contributed by atoms with Gasteiger partial charge in [-0.05, 0) is 17.2 Å². The quantitative estimate of drug-likeness (QED) is 0.697. The Hall–Kier alpha value is -1.20. The second-order valence-corrected chi connectivity index (χ2v) is 6.32. The van der Waals surface area contributed by atoms with Gasteiger partial charge in [0.2, 0.25) is 0 Å². The van der Waals surface area contributed by atoms with E-state index in [-0.39, 0.29) is 16.7 Å². The summed E-state index contributed by atoms with van der Waals surface area (Å²) in [5.41, 5.74) is -0.165. The summed E-state index contributed by atoms with van der Waals surface area (Å²) >= 11 is 22.4. The predicted molar refractivity (Wildman–Crippen MR) is 89.4 cm³/mol. The van der Waals surface area contributed by atoms with E-state index < -0.39 is 21.6 Å². The molecular weight excluding hydrogens is 374 g/mol. The molecule has 1 rings (SSSR count). The Labute approximate surface area is 146 Å². The topological polar surface area (TPSA) is 74.6 Å². The maximum absolute atomic E-state index is 11.4. The molecule has 8 heteroatoms. The fraction of sp³-hybridized carbons (Fsp3) is 0.143. The van der Waals surface area contributed by atoms with Crippen LogP contribution in [0.3, 0.4) is 0 Å². The van der Waals surface area contributed by atoms with Gasteiger partial charge in [0.05, 0.1) is 11.1 Å². The summed E-state index contributed by atoms with van der Waals surface area (Å²) in [6.07, 6.45) is 5.57. The molecule has 0 saturated heterocycles. The fourth-order valence-electron chi connectivity index (χ4n) is 1.71. The van der Waals surface area contributed by atoms with Crippen molar-refractivity contribution in [1.29, 1.82) is 0 Å². The lowest BCUT2D eigenvalue weighted by molar-refractivity contribution is 0.0651. The number of carbonyl (C=O) groups is 2. The summed E-state index contributed by atoms with van der Waals surface area (Å²) in [6.45, 7) is 0. The van der Waals surface area contributed by atoms with E-state index in [9.17, 15) is 14.7 Å². The smallest absolute Gasteiger partial charge is 0.337 e. The Morgan fingerprint density at radius 3 is 1.91 bits per heavy atom. The highest BCUT2D eigenvalue weighted by atomic mass is 35.5. The lowest BCUT2D eigenvalue weighted by Gasteiger charge is -2.10. The number of alkyl halides is 4. The first kappa shape index (κ1) is 18.8. The lowest BCUT2D eigenvalue weighted by Crippen LogP contribution is -2.11. The molecule has 0 fully saturated rings. The van der Waals surface area contributed by atoms with Crippen LogP contribution in [0, 0.1) is 0 Å². The SMILES string of the molecule is O=C(O)c1ccc(/C=C/C(Cl)Cl)c(/C=C/C(Cl)Cl)c1C(=O)O. The largest absolute Gasteiger partial charge is 0.478 e. The van der Waals surface area contributed by atoms with Crippen molar-refractivity contribution in [2.45, 2.75) is 9.67 Å². The number of aromatic carboxylic acids is 2. The van der Waals surface area contributed by atoms with Crippen molar-refractivity contribution in [2.75, 3.05) is 0 Å². The van der Waals surface area contributed by atoms with Gasteiger partial charge in [0.15, 0.2) is 0 Å². The molecular formula is C14H10Cl4O4. The number of halogens is 4. The molecule has 2 N–H and O–H groups in total. The average Bonchev–Trinajstić information content (AvgIpc) is 2.41. The second-order valence-electron chi connectivity index (χ2n) is 3.99. The molecule has 0 saturated carbocycles. The summed E-state index contributed by atoms with van der Waals surface area (Å²) < 4.78 is 0. The van der Waals surface area contributed by atoms with Gasteiger partial charge in [-0.3, -0.25) is 0 Å². The lowest BCUT2D eigenvalue weighted by atomic mass is 9.95. The van der Waals surface area contributed by atoms with E-state index >= 15 is 0 Å². The summed E-state index contributed by atoms with van der Waals surface area (Å²) in [4.78, 5) is 21.0. The number of benzene rings is 1. The van der Waals surface area contributed by atoms with E-state index in [2.05, 4.69) is 0 Å². The predicted octanol–water partition coefficient (Wildman–Crippen LogP) is 4.72. The summed E-state index contributed by atoms with van der Waals surface area (Å²) in [6, 6.07) is 2.64. The number of carboxylic acids is 2. The molecule has 4 nitrogen and oxygen atoms in total. The van der Waals surface area contributed by atoms with Gasteiger partial charge in [-0.2, -0.15) is 0 Å². The Kier molecular flexibility index (Phi) is 7.23. The van der Waals surface area contributed by atoms with E-state index in [0.717, 1.165) is 0 Å². The molecule has 0 unspecified atom stereocenters. The minimum absolute atomic E-state index is 0.143. The molecule has 22 heavy (non-hydrogen) atoms. The summed E-state index contributed by atoms with van der Waals surface area (Å²) in [5.74, 6) is -2.75. The van der Waals surface area contributed by atoms with Crippen LogP contribution in [-0.4, -0.2) is 31.8 Å². The van der Waals surface area contributed by atoms with Crippen LogP contribution in [0.4, 0.5) is 0 Å². The molecule has 0 atom stereocenters. The Morgan fingerprint density at radius 2 is 1.45 bits per heavy atom. The van der Waals surface area contributed by atoms with E-state index in [1.165, 1.54) is 36.4 Å². The van der Waals surface area contributed by atoms with Crippen molar-refractivity contribution < 1.29 is 19.8 Å². The third-order valence-corrected chi connectivity index (χ3v) is 3.14.